The second-order valence-corrected chi connectivity index (χ2v) is 58.4. The molecule has 0 radical (unpaired) electrons. The molecular weight excluding hydrogens is 2540 g/mol. The maximum absolute atomic E-state index is 11.0. The minimum absolute atomic E-state index is 0.129. The van der Waals surface area contributed by atoms with Crippen molar-refractivity contribution in [3.8, 4) is 50.6 Å². The summed E-state index contributed by atoms with van der Waals surface area (Å²) in [5, 5.41) is 32.9. The van der Waals surface area contributed by atoms with E-state index in [0.29, 0.717) is 45.0 Å². The fraction of sp³-hybridized carbons (Fsp3) is 0.500. The van der Waals surface area contributed by atoms with Crippen molar-refractivity contribution in [3.63, 3.8) is 0 Å². The quantitative estimate of drug-likeness (QED) is 0.0708. The molecule has 4 fully saturated rings. The van der Waals surface area contributed by atoms with E-state index in [1.165, 1.54) is 268 Å². The van der Waals surface area contributed by atoms with Crippen molar-refractivity contribution in [1.29, 1.82) is 0 Å². The molecule has 3 heterocycles. The predicted octanol–water partition coefficient (Wildman–Crippen LogP) is 34.1. The third kappa shape index (κ3) is 33.4. The Morgan fingerprint density at radius 2 is 0.621 bits per heavy atom. The number of nitrogens with zero attached hydrogens (tertiary/aromatic N) is 6. The number of phenols is 3. The van der Waals surface area contributed by atoms with Crippen LogP contribution in [0.25, 0.3) is 33.4 Å². The molecule has 8 aromatic carbocycles. The van der Waals surface area contributed by atoms with Gasteiger partial charge in [0, 0.05) is 30.1 Å². The van der Waals surface area contributed by atoms with Crippen LogP contribution in [-0.2, 0) is 131 Å². The van der Waals surface area contributed by atoms with Gasteiger partial charge in [0.1, 0.15) is 17.2 Å². The molecule has 10 aliphatic carbocycles. The number of aromatic hydroxyl groups is 3. The standard InChI is InChI=1S/3C21H22Br2O.C12H17IN.C10H15N.C8H9N.3C6H8N.3C5H10.3Mo/c3*1-12-17(22)10-13-6-2-4-8-15(13)19(12)20-16-9-5-3-7-14(16)11-18(23)21(20)24;1-4-8-13-11-7-5-6-10(9(2)3)12(11)14;11-10-4-7-1-8(5-10)3-9(2-7)6-10;1-6-4-3-5-7(2)8(6)9;3*1-5-3-4-6(2)7-5;3*1-5(2,3)4;;;/h3*10-11,24H,2-9H2,1H3;5-7,9H,4,8H2,1-3H3;7-9H,1-6H2;3-5H,1-2H3;3*3-4H,1-2H3;3*1H,2-4H3;;;/q;;;-1;;;3*-1;;;;;;. The second-order valence-electron chi connectivity index (χ2n) is 45.7. The molecule has 11 aromatic rings. The molecule has 0 unspecified atom stereocenters. The summed E-state index contributed by atoms with van der Waals surface area (Å²) in [5.74, 6) is 4.98. The van der Waals surface area contributed by atoms with E-state index in [9.17, 15) is 15.3 Å². The Balaban J connectivity index is 0.000000149. The first kappa shape index (κ1) is 119. The SMILES string of the molecule is CC(C)(C)[CH]=[Mo]=[N]C12CC3CC(CC(C3)C1)C2.CCC[I-]c1cccc(C(C)C)c1[N]=[Mo]=[CH]C(C)(C)C.Cc1c(Br)cc2c(c1-c1c(O)c(Br)cc3c1CCCC3)CCCC2.Cc1c(Br)cc2c(c1-c1c(O)c(Br)cc3c1CCCC3)CCCC2.Cc1c(Br)cc2c(c1-c1c(O)c(Br)cc3c1CCCC3)CCCC2.Cc1ccc(C)[n-]1.Cc1ccc(C)[n-]1.Cc1ccc(C)[n-]1.Cc1cccc(C)c1[N]=[Mo]=[CH]C(C)(C)C. The monoisotopic (exact) mass is 2700 g/mol. The van der Waals surface area contributed by atoms with Crippen LogP contribution in [0.5, 0.6) is 17.2 Å². The van der Waals surface area contributed by atoms with Crippen molar-refractivity contribution in [2.24, 2.45) is 44.5 Å². The normalized spacial score (nSPS) is 17.5. The van der Waals surface area contributed by atoms with Gasteiger partial charge in [0.2, 0.25) is 0 Å². The van der Waals surface area contributed by atoms with Crippen LogP contribution in [0.15, 0.2) is 147 Å². The summed E-state index contributed by atoms with van der Waals surface area (Å²) in [6.07, 6.45) is 38.6. The van der Waals surface area contributed by atoms with E-state index in [2.05, 4.69) is 314 Å². The van der Waals surface area contributed by atoms with Gasteiger partial charge in [0.15, 0.2) is 0 Å². The van der Waals surface area contributed by atoms with Gasteiger partial charge in [-0.1, -0.05) is 126 Å². The number of hydrogen-bond acceptors (Lipinski definition) is 6. The summed E-state index contributed by atoms with van der Waals surface area (Å²) in [5.41, 5.74) is 42.7. The van der Waals surface area contributed by atoms with E-state index < -0.39 is 0 Å². The first-order valence-corrected chi connectivity index (χ1v) is 67.0. The van der Waals surface area contributed by atoms with E-state index in [-0.39, 0.29) is 75.0 Å². The number of halogens is 7. The molecule has 0 atom stereocenters. The van der Waals surface area contributed by atoms with E-state index in [1.807, 2.05) is 77.9 Å². The first-order valence-electron chi connectivity index (χ1n) is 53.5. The van der Waals surface area contributed by atoms with Crippen LogP contribution in [0.1, 0.15) is 345 Å². The van der Waals surface area contributed by atoms with Crippen LogP contribution < -0.4 is 36.2 Å². The zero-order valence-electron chi connectivity index (χ0n) is 91.0. The number of hydrogen-bond donors (Lipinski definition) is 3. The molecule has 0 amide bonds. The number of rotatable bonds is 10. The molecule has 3 N–H and O–H groups in total. The summed E-state index contributed by atoms with van der Waals surface area (Å²) in [4.78, 5) is 12.3. The molecule has 9 nitrogen and oxygen atoms in total. The summed E-state index contributed by atoms with van der Waals surface area (Å²) < 4.78 is 31.4. The molecule has 0 saturated heterocycles. The van der Waals surface area contributed by atoms with Crippen LogP contribution in [0.2, 0.25) is 0 Å². The van der Waals surface area contributed by atoms with Crippen LogP contribution in [0.3, 0.4) is 0 Å². The van der Waals surface area contributed by atoms with Crippen molar-refractivity contribution in [2.75, 3.05) is 4.43 Å². The van der Waals surface area contributed by atoms with Crippen molar-refractivity contribution >= 4 is 120 Å². The summed E-state index contributed by atoms with van der Waals surface area (Å²) in [7, 11) is 0. The number of aromatic nitrogens is 3. The molecule has 0 aliphatic heterocycles. The predicted molar refractivity (Wildman–Crippen MR) is 623 cm³/mol. The van der Waals surface area contributed by atoms with Crippen molar-refractivity contribution < 1.29 is 90.3 Å². The van der Waals surface area contributed by atoms with Gasteiger partial charge in [-0.05, 0) is 359 Å². The van der Waals surface area contributed by atoms with E-state index in [4.69, 9.17) is 10.5 Å². The van der Waals surface area contributed by atoms with E-state index >= 15 is 0 Å². The van der Waals surface area contributed by atoms with Gasteiger partial charge < -0.3 is 30.3 Å². The summed E-state index contributed by atoms with van der Waals surface area (Å²) >= 11 is 21.3. The van der Waals surface area contributed by atoms with Crippen LogP contribution in [0, 0.1) is 114 Å². The number of benzene rings is 8. The van der Waals surface area contributed by atoms with E-state index in [0.717, 1.165) is 159 Å². The molecule has 21 rings (SSSR count). The Labute approximate surface area is 957 Å². The number of phenolic OH excluding ortho intramolecular Hbond substituents is 3. The zero-order valence-corrected chi connectivity index (χ0v) is 109. The van der Waals surface area contributed by atoms with Crippen molar-refractivity contribution in [2.45, 2.75) is 370 Å². The van der Waals surface area contributed by atoms with Gasteiger partial charge >= 0.3 is 358 Å². The molecule has 145 heavy (non-hydrogen) atoms. The van der Waals surface area contributed by atoms with Crippen molar-refractivity contribution in [3.05, 3.63) is 274 Å². The topological polar surface area (TPSA) is 140 Å². The Morgan fingerprint density at radius 3 is 0.890 bits per heavy atom. The van der Waals surface area contributed by atoms with Crippen LogP contribution in [0.4, 0.5) is 11.4 Å². The zero-order chi connectivity index (χ0) is 105. The average molecular weight is 2700 g/mol. The molecule has 784 valence electrons. The molecular formula is C126H161Br6IMo3N6O3-4. The van der Waals surface area contributed by atoms with Gasteiger partial charge in [-0.25, -0.2) is 0 Å². The second kappa shape index (κ2) is 55.2. The number of fused-ring (bicyclic) bond motifs is 6. The summed E-state index contributed by atoms with van der Waals surface area (Å²) in [6, 6.07) is 38.5. The Morgan fingerprint density at radius 1 is 0.359 bits per heavy atom. The van der Waals surface area contributed by atoms with Gasteiger partial charge in [0.05, 0.1) is 13.4 Å². The fourth-order valence-corrected chi connectivity index (χ4v) is 33.6. The van der Waals surface area contributed by atoms with Crippen LogP contribution in [-0.4, -0.2) is 38.5 Å². The fourth-order valence-electron chi connectivity index (χ4n) is 22.4. The Hall–Kier alpha value is -4.32. The molecule has 4 saturated carbocycles. The third-order valence-corrected chi connectivity index (χ3v) is 45.3. The minimum atomic E-state index is -0.388. The number of aryl methyl sites for hydroxylation is 14. The van der Waals surface area contributed by atoms with Gasteiger partial charge in [-0.2, -0.15) is 34.2 Å². The third-order valence-electron chi connectivity index (χ3n) is 29.0. The maximum atomic E-state index is 11.0. The van der Waals surface area contributed by atoms with E-state index in [1.54, 1.807) is 3.57 Å². The van der Waals surface area contributed by atoms with Crippen LogP contribution >= 0.6 is 95.6 Å². The molecule has 10 aliphatic rings. The Kier molecular flexibility index (Phi) is 45.4. The van der Waals surface area contributed by atoms with Gasteiger partial charge in [0.25, 0.3) is 0 Å². The molecule has 19 heteroatoms. The van der Waals surface area contributed by atoms with Gasteiger partial charge in [-0.15, -0.1) is 0 Å². The first-order chi connectivity index (χ1) is 68.8. The molecule has 4 bridgehead atoms. The van der Waals surface area contributed by atoms with Gasteiger partial charge in [-0.3, -0.25) is 0 Å². The summed E-state index contributed by atoms with van der Waals surface area (Å²) in [6.45, 7) is 50.1. The number of alkyl halides is 1. The molecule has 3 aromatic heterocycles. The average Bonchev–Trinajstić information content (AvgIpc) is 1.04. The van der Waals surface area contributed by atoms with Crippen molar-refractivity contribution in [1.82, 2.24) is 15.0 Å². The molecule has 0 spiro atoms. The Bertz CT molecular complexity index is 5830.